The predicted octanol–water partition coefficient (Wildman–Crippen LogP) is 0.943. The Balaban J connectivity index is 2.37. The Bertz CT molecular complexity index is 448. The third kappa shape index (κ3) is 3.62. The van der Waals surface area contributed by atoms with Crippen LogP contribution in [0.25, 0.3) is 0 Å². The summed E-state index contributed by atoms with van der Waals surface area (Å²) in [6.45, 7) is 3.93. The predicted molar refractivity (Wildman–Crippen MR) is 69.5 cm³/mol. The smallest absolute Gasteiger partial charge is 0.343 e. The fourth-order valence-electron chi connectivity index (χ4n) is 1.27. The topological polar surface area (TPSA) is 101 Å². The van der Waals surface area contributed by atoms with E-state index >= 15 is 0 Å². The van der Waals surface area contributed by atoms with Crippen molar-refractivity contribution in [3.8, 4) is 0 Å². The van der Waals surface area contributed by atoms with Crippen molar-refractivity contribution < 1.29 is 0 Å². The van der Waals surface area contributed by atoms with E-state index in [-0.39, 0.29) is 16.9 Å². The minimum atomic E-state index is -0.252. The van der Waals surface area contributed by atoms with Gasteiger partial charge in [0, 0.05) is 18.2 Å². The molecule has 0 aromatic carbocycles. The van der Waals surface area contributed by atoms with Crippen LogP contribution in [-0.2, 0) is 7.05 Å². The Labute approximate surface area is 104 Å². The molecular formula is C10H19N5OS. The maximum atomic E-state index is 11.1. The van der Waals surface area contributed by atoms with E-state index in [1.807, 2.05) is 13.8 Å². The van der Waals surface area contributed by atoms with Crippen LogP contribution in [0.5, 0.6) is 0 Å². The summed E-state index contributed by atoms with van der Waals surface area (Å²) in [4.78, 5) is 11.1. The van der Waals surface area contributed by atoms with Crippen LogP contribution in [0, 0.1) is 10.8 Å². The van der Waals surface area contributed by atoms with E-state index in [4.69, 9.17) is 11.1 Å². The molecule has 1 aromatic rings. The molecule has 0 radical (unpaired) electrons. The first-order valence-corrected chi connectivity index (χ1v) is 6.42. The molecular weight excluding hydrogens is 238 g/mol. The van der Waals surface area contributed by atoms with E-state index in [1.165, 1.54) is 16.3 Å². The molecule has 17 heavy (non-hydrogen) atoms. The van der Waals surface area contributed by atoms with Gasteiger partial charge in [0.1, 0.15) is 0 Å². The van der Waals surface area contributed by atoms with Gasteiger partial charge in [-0.05, 0) is 12.8 Å². The van der Waals surface area contributed by atoms with Gasteiger partial charge in [0.15, 0.2) is 5.16 Å². The summed E-state index contributed by atoms with van der Waals surface area (Å²) >= 11 is 1.53. The molecule has 0 unspecified atom stereocenters. The van der Waals surface area contributed by atoms with Crippen molar-refractivity contribution in [2.45, 2.75) is 31.8 Å². The number of H-pyrrole nitrogens is 1. The highest BCUT2D eigenvalue weighted by atomic mass is 32.2. The molecule has 1 heterocycles. The molecule has 0 atom stereocenters. The van der Waals surface area contributed by atoms with Crippen LogP contribution in [-0.4, -0.2) is 26.4 Å². The molecule has 0 aliphatic heterocycles. The average Bonchev–Trinajstić information content (AvgIpc) is 2.55. The number of hydrogen-bond acceptors (Lipinski definition) is 4. The molecule has 0 aliphatic carbocycles. The lowest BCUT2D eigenvalue weighted by atomic mass is 9.87. The summed E-state index contributed by atoms with van der Waals surface area (Å²) in [6.07, 6.45) is 1.78. The van der Waals surface area contributed by atoms with Gasteiger partial charge in [0.25, 0.3) is 0 Å². The minimum Gasteiger partial charge on any atom is -0.387 e. The number of nitrogens with two attached hydrogens (primary N) is 1. The van der Waals surface area contributed by atoms with Crippen molar-refractivity contribution in [2.24, 2.45) is 18.2 Å². The first kappa shape index (κ1) is 13.8. The van der Waals surface area contributed by atoms with Gasteiger partial charge in [-0.3, -0.25) is 9.98 Å². The maximum Gasteiger partial charge on any atom is 0.343 e. The van der Waals surface area contributed by atoms with Crippen LogP contribution in [0.3, 0.4) is 0 Å². The number of nitrogens with zero attached hydrogens (tertiary/aromatic N) is 2. The molecule has 0 spiro atoms. The van der Waals surface area contributed by atoms with Gasteiger partial charge in [-0.2, -0.15) is 0 Å². The average molecular weight is 257 g/mol. The van der Waals surface area contributed by atoms with Crippen LogP contribution < -0.4 is 11.4 Å². The zero-order valence-electron chi connectivity index (χ0n) is 10.4. The normalized spacial score (nSPS) is 11.7. The van der Waals surface area contributed by atoms with Crippen LogP contribution in [0.4, 0.5) is 0 Å². The van der Waals surface area contributed by atoms with E-state index in [0.29, 0.717) is 5.16 Å². The zero-order valence-corrected chi connectivity index (χ0v) is 11.2. The van der Waals surface area contributed by atoms with Crippen molar-refractivity contribution in [3.05, 3.63) is 10.5 Å². The van der Waals surface area contributed by atoms with Gasteiger partial charge in [-0.1, -0.05) is 25.6 Å². The molecule has 0 amide bonds. The maximum absolute atomic E-state index is 11.1. The van der Waals surface area contributed by atoms with E-state index in [9.17, 15) is 4.79 Å². The van der Waals surface area contributed by atoms with Crippen LogP contribution in [0.15, 0.2) is 9.95 Å². The van der Waals surface area contributed by atoms with Gasteiger partial charge in [-0.15, -0.1) is 5.10 Å². The lowest BCUT2D eigenvalue weighted by Crippen LogP contribution is -2.30. The number of nitrogens with one attached hydrogen (secondary N) is 2. The highest BCUT2D eigenvalue weighted by Gasteiger charge is 2.20. The Kier molecular flexibility index (Phi) is 4.39. The first-order chi connectivity index (χ1) is 7.84. The molecule has 6 nitrogen and oxygen atoms in total. The van der Waals surface area contributed by atoms with Crippen molar-refractivity contribution in [3.63, 3.8) is 0 Å². The summed E-state index contributed by atoms with van der Waals surface area (Å²) < 4.78 is 1.49. The Morgan fingerprint density at radius 1 is 1.65 bits per heavy atom. The molecule has 1 rings (SSSR count). The molecule has 4 N–H and O–H groups in total. The fourth-order valence-corrected chi connectivity index (χ4v) is 2.13. The lowest BCUT2D eigenvalue weighted by molar-refractivity contribution is 0.464. The highest BCUT2D eigenvalue weighted by molar-refractivity contribution is 7.99. The second-order valence-corrected chi connectivity index (χ2v) is 5.68. The molecule has 96 valence electrons. The molecule has 0 bridgehead atoms. The van der Waals surface area contributed by atoms with E-state index < -0.39 is 0 Å². The number of amidine groups is 1. The zero-order chi connectivity index (χ0) is 13.1. The Hall–Kier alpha value is -1.24. The minimum absolute atomic E-state index is 0.198. The number of rotatable bonds is 6. The van der Waals surface area contributed by atoms with Crippen molar-refractivity contribution >= 4 is 17.6 Å². The standard InChI is InChI=1S/C10H19N5OS/c1-10(2,7(11)12)5-4-6-17-9-14-13-8(16)15(9)3/h4-6H2,1-3H3,(H3,11,12)(H,13,16). The fraction of sp³-hybridized carbons (Fsp3) is 0.700. The van der Waals surface area contributed by atoms with Crippen molar-refractivity contribution in [1.82, 2.24) is 14.8 Å². The highest BCUT2D eigenvalue weighted by Crippen LogP contribution is 2.24. The molecule has 7 heteroatoms. The third-order valence-corrected chi connectivity index (χ3v) is 3.86. The van der Waals surface area contributed by atoms with Gasteiger partial charge in [0.2, 0.25) is 0 Å². The number of hydrogen-bond donors (Lipinski definition) is 3. The van der Waals surface area contributed by atoms with Crippen LogP contribution in [0.2, 0.25) is 0 Å². The van der Waals surface area contributed by atoms with Gasteiger partial charge in [0.05, 0.1) is 5.84 Å². The molecule has 1 aromatic heterocycles. The summed E-state index contributed by atoms with van der Waals surface area (Å²) in [6, 6.07) is 0. The van der Waals surface area contributed by atoms with Crippen LogP contribution >= 0.6 is 11.8 Å². The second-order valence-electron chi connectivity index (χ2n) is 4.62. The van der Waals surface area contributed by atoms with E-state index in [0.717, 1.165) is 18.6 Å². The Morgan fingerprint density at radius 2 is 2.29 bits per heavy atom. The monoisotopic (exact) mass is 257 g/mol. The summed E-state index contributed by atoms with van der Waals surface area (Å²) in [5.41, 5.74) is 5.06. The second kappa shape index (κ2) is 5.39. The SMILES string of the molecule is Cn1c(SCCCC(C)(C)C(=N)N)n[nH]c1=O. The molecule has 0 fully saturated rings. The van der Waals surface area contributed by atoms with Crippen molar-refractivity contribution in [1.29, 1.82) is 5.41 Å². The van der Waals surface area contributed by atoms with Gasteiger partial charge in [-0.25, -0.2) is 9.89 Å². The van der Waals surface area contributed by atoms with E-state index in [1.54, 1.807) is 7.05 Å². The van der Waals surface area contributed by atoms with Crippen LogP contribution in [0.1, 0.15) is 26.7 Å². The summed E-state index contributed by atoms with van der Waals surface area (Å²) in [5.74, 6) is 1.07. The van der Waals surface area contributed by atoms with Crippen molar-refractivity contribution in [2.75, 3.05) is 5.75 Å². The Morgan fingerprint density at radius 3 is 2.76 bits per heavy atom. The number of aromatic amines is 1. The number of thioether (sulfide) groups is 1. The largest absolute Gasteiger partial charge is 0.387 e. The summed E-state index contributed by atoms with van der Waals surface area (Å²) in [5, 5.41) is 14.4. The quantitative estimate of drug-likeness (QED) is 0.305. The first-order valence-electron chi connectivity index (χ1n) is 5.43. The molecule has 0 saturated carbocycles. The van der Waals surface area contributed by atoms with Gasteiger partial charge >= 0.3 is 5.69 Å². The van der Waals surface area contributed by atoms with Gasteiger partial charge < -0.3 is 5.73 Å². The molecule has 0 aliphatic rings. The molecule has 0 saturated heterocycles. The summed E-state index contributed by atoms with van der Waals surface area (Å²) in [7, 11) is 1.69. The number of aromatic nitrogens is 3. The third-order valence-electron chi connectivity index (χ3n) is 2.75. The lowest BCUT2D eigenvalue weighted by Gasteiger charge is -2.22. The van der Waals surface area contributed by atoms with E-state index in [2.05, 4.69) is 10.2 Å².